The van der Waals surface area contributed by atoms with Gasteiger partial charge in [0.15, 0.2) is 11.0 Å². The van der Waals surface area contributed by atoms with Crippen molar-refractivity contribution in [2.24, 2.45) is 0 Å². The largest absolute Gasteiger partial charge is 0.506 e. The summed E-state index contributed by atoms with van der Waals surface area (Å²) in [7, 11) is 0. The zero-order valence-corrected chi connectivity index (χ0v) is 18.7. The smallest absolute Gasteiger partial charge is 0.233 e. The lowest BCUT2D eigenvalue weighted by molar-refractivity contribution is -0.128. The van der Waals surface area contributed by atoms with Crippen LogP contribution in [0, 0.1) is 6.92 Å². The first-order chi connectivity index (χ1) is 15.1. The van der Waals surface area contributed by atoms with Crippen LogP contribution in [-0.2, 0) is 11.3 Å². The molecular weight excluding hydrogens is 410 g/mol. The summed E-state index contributed by atoms with van der Waals surface area (Å²) in [6, 6.07) is 15.5. The highest BCUT2D eigenvalue weighted by atomic mass is 32.2. The van der Waals surface area contributed by atoms with Gasteiger partial charge in [-0.25, -0.2) is 0 Å². The number of benzene rings is 2. The fourth-order valence-corrected chi connectivity index (χ4v) is 4.73. The molecule has 8 heteroatoms. The van der Waals surface area contributed by atoms with Crippen LogP contribution in [0.25, 0.3) is 11.4 Å². The molecule has 0 saturated carbocycles. The van der Waals surface area contributed by atoms with Crippen molar-refractivity contribution in [2.45, 2.75) is 25.5 Å². The Kier molecular flexibility index (Phi) is 6.46. The number of aromatic hydroxyl groups is 1. The first-order valence-corrected chi connectivity index (χ1v) is 11.5. The Bertz CT molecular complexity index is 1060. The number of amides is 1. The SMILES string of the molecule is CCn1c(SCC(=O)N2CCN(c3ccccc3O)CC2)nnc1-c1cccc(C)c1. The van der Waals surface area contributed by atoms with Crippen molar-refractivity contribution in [2.75, 3.05) is 36.8 Å². The van der Waals surface area contributed by atoms with Crippen LogP contribution in [0.1, 0.15) is 12.5 Å². The zero-order valence-electron chi connectivity index (χ0n) is 17.9. The first kappa shape index (κ1) is 21.2. The van der Waals surface area contributed by atoms with E-state index in [0.717, 1.165) is 28.8 Å². The second-order valence-electron chi connectivity index (χ2n) is 7.57. The molecule has 0 aliphatic carbocycles. The van der Waals surface area contributed by atoms with Gasteiger partial charge in [-0.2, -0.15) is 0 Å². The van der Waals surface area contributed by atoms with Gasteiger partial charge >= 0.3 is 0 Å². The van der Waals surface area contributed by atoms with E-state index in [1.54, 1.807) is 6.07 Å². The average molecular weight is 438 g/mol. The molecule has 4 rings (SSSR count). The normalized spacial score (nSPS) is 14.1. The third-order valence-electron chi connectivity index (χ3n) is 5.49. The molecule has 1 fully saturated rings. The number of aromatic nitrogens is 3. The second kappa shape index (κ2) is 9.43. The van der Waals surface area contributed by atoms with Crippen LogP contribution in [0.4, 0.5) is 5.69 Å². The maximum Gasteiger partial charge on any atom is 0.233 e. The van der Waals surface area contributed by atoms with Crippen LogP contribution >= 0.6 is 11.8 Å². The summed E-state index contributed by atoms with van der Waals surface area (Å²) in [5.74, 6) is 1.55. The molecule has 1 amide bonds. The Morgan fingerprint density at radius 3 is 2.55 bits per heavy atom. The molecule has 0 radical (unpaired) electrons. The molecule has 2 aromatic carbocycles. The van der Waals surface area contributed by atoms with Crippen molar-refractivity contribution in [3.63, 3.8) is 0 Å². The summed E-state index contributed by atoms with van der Waals surface area (Å²) in [5.41, 5.74) is 3.03. The molecule has 0 spiro atoms. The van der Waals surface area contributed by atoms with Crippen molar-refractivity contribution >= 4 is 23.4 Å². The molecule has 0 atom stereocenters. The van der Waals surface area contributed by atoms with Crippen LogP contribution in [0.15, 0.2) is 53.7 Å². The van der Waals surface area contributed by atoms with Gasteiger partial charge in [0.2, 0.25) is 5.91 Å². The van der Waals surface area contributed by atoms with E-state index in [4.69, 9.17) is 0 Å². The standard InChI is InChI=1S/C23H27N5O2S/c1-3-28-22(18-8-6-7-17(2)15-18)24-25-23(28)31-16-21(30)27-13-11-26(12-14-27)19-9-4-5-10-20(19)29/h4-10,15,29H,3,11-14,16H2,1-2H3. The predicted molar refractivity (Wildman–Crippen MR) is 123 cm³/mol. The molecule has 0 unspecified atom stereocenters. The van der Waals surface area contributed by atoms with E-state index in [-0.39, 0.29) is 11.7 Å². The molecule has 2 heterocycles. The minimum Gasteiger partial charge on any atom is -0.506 e. The molecule has 162 valence electrons. The van der Waals surface area contributed by atoms with Crippen LogP contribution in [0.2, 0.25) is 0 Å². The molecule has 1 aliphatic heterocycles. The lowest BCUT2D eigenvalue weighted by atomic mass is 10.1. The van der Waals surface area contributed by atoms with E-state index in [1.807, 2.05) is 35.2 Å². The summed E-state index contributed by atoms with van der Waals surface area (Å²) in [5, 5.41) is 19.5. The van der Waals surface area contributed by atoms with Gasteiger partial charge in [-0.3, -0.25) is 4.79 Å². The molecule has 1 N–H and O–H groups in total. The molecule has 0 bridgehead atoms. The van der Waals surface area contributed by atoms with Gasteiger partial charge < -0.3 is 19.5 Å². The molecular formula is C23H27N5O2S. The maximum absolute atomic E-state index is 12.8. The Labute approximate surface area is 186 Å². The summed E-state index contributed by atoms with van der Waals surface area (Å²) in [6.07, 6.45) is 0. The number of rotatable bonds is 6. The number of piperazine rings is 1. The third-order valence-corrected chi connectivity index (χ3v) is 6.44. The Hall–Kier alpha value is -3.00. The first-order valence-electron chi connectivity index (χ1n) is 10.5. The van der Waals surface area contributed by atoms with E-state index in [9.17, 15) is 9.90 Å². The van der Waals surface area contributed by atoms with Crippen LogP contribution in [0.3, 0.4) is 0 Å². The van der Waals surface area contributed by atoms with Crippen molar-refractivity contribution < 1.29 is 9.90 Å². The van der Waals surface area contributed by atoms with E-state index in [2.05, 4.69) is 45.6 Å². The molecule has 1 aliphatic rings. The molecule has 31 heavy (non-hydrogen) atoms. The highest BCUT2D eigenvalue weighted by Crippen LogP contribution is 2.28. The Morgan fingerprint density at radius 2 is 1.84 bits per heavy atom. The van der Waals surface area contributed by atoms with Gasteiger partial charge in [0, 0.05) is 38.3 Å². The van der Waals surface area contributed by atoms with Crippen LogP contribution in [-0.4, -0.2) is 62.6 Å². The number of thioether (sulfide) groups is 1. The zero-order chi connectivity index (χ0) is 21.8. The minimum atomic E-state index is 0.102. The van der Waals surface area contributed by atoms with Crippen molar-refractivity contribution in [3.8, 4) is 17.1 Å². The lowest BCUT2D eigenvalue weighted by Crippen LogP contribution is -2.49. The van der Waals surface area contributed by atoms with Crippen molar-refractivity contribution in [1.82, 2.24) is 19.7 Å². The van der Waals surface area contributed by atoms with Gasteiger partial charge in [0.1, 0.15) is 5.75 Å². The molecule has 1 saturated heterocycles. The molecule has 7 nitrogen and oxygen atoms in total. The van der Waals surface area contributed by atoms with Crippen LogP contribution in [0.5, 0.6) is 5.75 Å². The Morgan fingerprint density at radius 1 is 1.06 bits per heavy atom. The van der Waals surface area contributed by atoms with Crippen LogP contribution < -0.4 is 4.90 Å². The van der Waals surface area contributed by atoms with E-state index in [0.29, 0.717) is 31.9 Å². The predicted octanol–water partition coefficient (Wildman–Crippen LogP) is 3.42. The fourth-order valence-electron chi connectivity index (χ4n) is 3.82. The Balaban J connectivity index is 1.36. The van der Waals surface area contributed by atoms with E-state index < -0.39 is 0 Å². The minimum absolute atomic E-state index is 0.102. The van der Waals surface area contributed by atoms with E-state index >= 15 is 0 Å². The number of anilines is 1. The molecule has 1 aromatic heterocycles. The highest BCUT2D eigenvalue weighted by Gasteiger charge is 2.23. The summed E-state index contributed by atoms with van der Waals surface area (Å²) in [4.78, 5) is 16.8. The number of nitrogens with zero attached hydrogens (tertiary/aromatic N) is 5. The number of hydrogen-bond donors (Lipinski definition) is 1. The van der Waals surface area contributed by atoms with Crippen molar-refractivity contribution in [3.05, 3.63) is 54.1 Å². The number of hydrogen-bond acceptors (Lipinski definition) is 6. The number of carbonyl (C=O) groups is 1. The highest BCUT2D eigenvalue weighted by molar-refractivity contribution is 7.99. The maximum atomic E-state index is 12.8. The topological polar surface area (TPSA) is 74.5 Å². The number of aryl methyl sites for hydroxylation is 1. The fraction of sp³-hybridized carbons (Fsp3) is 0.348. The van der Waals surface area contributed by atoms with Crippen molar-refractivity contribution in [1.29, 1.82) is 0 Å². The number of phenols is 1. The summed E-state index contributed by atoms with van der Waals surface area (Å²) >= 11 is 1.44. The van der Waals surface area contributed by atoms with Gasteiger partial charge in [-0.05, 0) is 32.0 Å². The number of phenolic OH excluding ortho intramolecular Hbond substituents is 1. The second-order valence-corrected chi connectivity index (χ2v) is 8.51. The van der Waals surface area contributed by atoms with Gasteiger partial charge in [0.25, 0.3) is 0 Å². The number of carbonyl (C=O) groups excluding carboxylic acids is 1. The van der Waals surface area contributed by atoms with E-state index in [1.165, 1.54) is 17.3 Å². The number of para-hydroxylation sites is 2. The summed E-state index contributed by atoms with van der Waals surface area (Å²) < 4.78 is 2.06. The van der Waals surface area contributed by atoms with Gasteiger partial charge in [-0.1, -0.05) is 47.7 Å². The quantitative estimate of drug-likeness (QED) is 0.596. The average Bonchev–Trinajstić information content (AvgIpc) is 3.21. The summed E-state index contributed by atoms with van der Waals surface area (Å²) in [6.45, 7) is 7.56. The molecule has 3 aromatic rings. The monoisotopic (exact) mass is 437 g/mol. The lowest BCUT2D eigenvalue weighted by Gasteiger charge is -2.36. The third kappa shape index (κ3) is 4.69. The van der Waals surface area contributed by atoms with Gasteiger partial charge in [-0.15, -0.1) is 10.2 Å². The van der Waals surface area contributed by atoms with Gasteiger partial charge in [0.05, 0.1) is 11.4 Å².